The normalized spacial score (nSPS) is 12.3. The maximum Gasteiger partial charge on any atom is 0.419 e. The molecule has 0 saturated carbocycles. The number of rotatable bonds is 6. The number of hydrogen-bond donors (Lipinski definition) is 1. The van der Waals surface area contributed by atoms with Gasteiger partial charge in [0.2, 0.25) is 0 Å². The molecule has 1 aromatic heterocycles. The Labute approximate surface area is 158 Å². The fourth-order valence-corrected chi connectivity index (χ4v) is 3.36. The Bertz CT molecular complexity index is 1080. The summed E-state index contributed by atoms with van der Waals surface area (Å²) in [5.74, 6) is -0.334. The topological polar surface area (TPSA) is 47.2 Å². The Balaban J connectivity index is 1.64. The lowest BCUT2D eigenvalue weighted by Crippen LogP contribution is -2.23. The van der Waals surface area contributed by atoms with E-state index in [-0.39, 0.29) is 11.8 Å². The van der Waals surface area contributed by atoms with Crippen molar-refractivity contribution in [1.29, 1.82) is 0 Å². The first kappa shape index (κ1) is 17.3. The predicted molar refractivity (Wildman–Crippen MR) is 108 cm³/mol. The molecule has 1 heterocycles. The molecular weight excluding hydrogens is 336 g/mol. The number of nitrogens with zero attached hydrogens (tertiary/aromatic N) is 1. The fourth-order valence-electron chi connectivity index (χ4n) is 3.36. The van der Waals surface area contributed by atoms with Crippen molar-refractivity contribution in [2.75, 3.05) is 0 Å². The van der Waals surface area contributed by atoms with Gasteiger partial charge in [-0.25, -0.2) is 4.79 Å². The van der Waals surface area contributed by atoms with Gasteiger partial charge in [0, 0.05) is 19.6 Å². The Morgan fingerprint density at radius 3 is 2.30 bits per heavy atom. The zero-order chi connectivity index (χ0) is 18.6. The van der Waals surface area contributed by atoms with Gasteiger partial charge in [-0.05, 0) is 35.2 Å². The second kappa shape index (κ2) is 7.64. The van der Waals surface area contributed by atoms with Crippen molar-refractivity contribution in [2.45, 2.75) is 19.0 Å². The van der Waals surface area contributed by atoms with E-state index in [2.05, 4.69) is 47.8 Å². The number of fused-ring (bicyclic) bond motifs is 1. The van der Waals surface area contributed by atoms with Crippen molar-refractivity contribution in [1.82, 2.24) is 9.88 Å². The highest BCUT2D eigenvalue weighted by molar-refractivity contribution is 5.73. The SMILES string of the molecule is Cn1c(=O)oc2cc(C(Cc3ccccc3)NCc3ccccc3)ccc21. The molecule has 0 saturated heterocycles. The molecule has 4 rings (SSSR count). The van der Waals surface area contributed by atoms with Gasteiger partial charge in [-0.3, -0.25) is 4.57 Å². The third kappa shape index (κ3) is 3.86. The number of hydrogen-bond acceptors (Lipinski definition) is 3. The van der Waals surface area contributed by atoms with Gasteiger partial charge in [0.15, 0.2) is 5.58 Å². The molecule has 4 aromatic rings. The van der Waals surface area contributed by atoms with Crippen LogP contribution in [0.3, 0.4) is 0 Å². The lowest BCUT2D eigenvalue weighted by molar-refractivity contribution is 0.520. The number of aromatic nitrogens is 1. The van der Waals surface area contributed by atoms with Gasteiger partial charge in [0.1, 0.15) is 0 Å². The van der Waals surface area contributed by atoms with Crippen molar-refractivity contribution in [2.24, 2.45) is 7.05 Å². The first-order chi connectivity index (χ1) is 13.2. The van der Waals surface area contributed by atoms with Crippen molar-refractivity contribution in [3.05, 3.63) is 106 Å². The minimum absolute atomic E-state index is 0.113. The smallest absolute Gasteiger partial charge is 0.408 e. The van der Waals surface area contributed by atoms with E-state index in [1.165, 1.54) is 15.7 Å². The van der Waals surface area contributed by atoms with Gasteiger partial charge in [0.25, 0.3) is 0 Å². The van der Waals surface area contributed by atoms with E-state index in [4.69, 9.17) is 4.42 Å². The van der Waals surface area contributed by atoms with Crippen molar-refractivity contribution in [3.8, 4) is 0 Å². The molecule has 4 nitrogen and oxygen atoms in total. The average Bonchev–Trinajstić information content (AvgIpc) is 3.00. The minimum atomic E-state index is -0.334. The summed E-state index contributed by atoms with van der Waals surface area (Å²) in [6.45, 7) is 0.773. The maximum atomic E-state index is 11.8. The summed E-state index contributed by atoms with van der Waals surface area (Å²) in [7, 11) is 1.73. The molecule has 4 heteroatoms. The van der Waals surface area contributed by atoms with Crippen LogP contribution in [-0.2, 0) is 20.0 Å². The Morgan fingerprint density at radius 1 is 0.926 bits per heavy atom. The fraction of sp³-hybridized carbons (Fsp3) is 0.174. The number of oxazole rings is 1. The van der Waals surface area contributed by atoms with Gasteiger partial charge in [-0.15, -0.1) is 0 Å². The maximum absolute atomic E-state index is 11.8. The lowest BCUT2D eigenvalue weighted by atomic mass is 9.98. The molecule has 0 aliphatic rings. The van der Waals surface area contributed by atoms with E-state index in [1.807, 2.05) is 36.4 Å². The summed E-state index contributed by atoms with van der Waals surface area (Å²) < 4.78 is 6.91. The monoisotopic (exact) mass is 358 g/mol. The Morgan fingerprint density at radius 2 is 1.59 bits per heavy atom. The third-order valence-electron chi connectivity index (χ3n) is 4.90. The molecule has 1 N–H and O–H groups in total. The standard InChI is InChI=1S/C23H22N2O2/c1-25-21-13-12-19(15-22(21)27-23(25)26)20(14-17-8-4-2-5-9-17)24-16-18-10-6-3-7-11-18/h2-13,15,20,24H,14,16H2,1H3. The van der Waals surface area contributed by atoms with E-state index >= 15 is 0 Å². The van der Waals surface area contributed by atoms with Crippen LogP contribution in [0.25, 0.3) is 11.1 Å². The first-order valence-corrected chi connectivity index (χ1v) is 9.11. The molecule has 0 fully saturated rings. The molecule has 0 aliphatic heterocycles. The van der Waals surface area contributed by atoms with Gasteiger partial charge in [-0.1, -0.05) is 66.7 Å². The molecule has 136 valence electrons. The molecule has 0 aliphatic carbocycles. The van der Waals surface area contributed by atoms with Crippen LogP contribution >= 0.6 is 0 Å². The lowest BCUT2D eigenvalue weighted by Gasteiger charge is -2.20. The molecular formula is C23H22N2O2. The van der Waals surface area contributed by atoms with Gasteiger partial charge >= 0.3 is 5.76 Å². The van der Waals surface area contributed by atoms with Crippen LogP contribution in [0.1, 0.15) is 22.7 Å². The Hall–Kier alpha value is -3.11. The highest BCUT2D eigenvalue weighted by Gasteiger charge is 2.15. The highest BCUT2D eigenvalue weighted by atomic mass is 16.4. The predicted octanol–water partition coefficient (Wildman–Crippen LogP) is 4.21. The first-order valence-electron chi connectivity index (χ1n) is 9.11. The number of nitrogens with one attached hydrogen (secondary N) is 1. The number of benzene rings is 3. The van der Waals surface area contributed by atoms with E-state index in [0.717, 1.165) is 24.0 Å². The van der Waals surface area contributed by atoms with E-state index in [1.54, 1.807) is 7.05 Å². The molecule has 0 radical (unpaired) electrons. The number of aryl methyl sites for hydroxylation is 1. The van der Waals surface area contributed by atoms with Crippen LogP contribution in [0.2, 0.25) is 0 Å². The summed E-state index contributed by atoms with van der Waals surface area (Å²) in [5, 5.41) is 3.66. The minimum Gasteiger partial charge on any atom is -0.408 e. The van der Waals surface area contributed by atoms with Gasteiger partial charge in [0.05, 0.1) is 5.52 Å². The molecule has 1 unspecified atom stereocenters. The van der Waals surface area contributed by atoms with Crippen LogP contribution in [0.5, 0.6) is 0 Å². The molecule has 0 amide bonds. The van der Waals surface area contributed by atoms with Crippen molar-refractivity contribution < 1.29 is 4.42 Å². The summed E-state index contributed by atoms with van der Waals surface area (Å²) in [6.07, 6.45) is 0.857. The molecule has 27 heavy (non-hydrogen) atoms. The van der Waals surface area contributed by atoms with Crippen LogP contribution in [0.4, 0.5) is 0 Å². The second-order valence-electron chi connectivity index (χ2n) is 6.76. The van der Waals surface area contributed by atoms with Crippen LogP contribution in [0.15, 0.2) is 88.1 Å². The molecule has 0 bridgehead atoms. The molecule has 0 spiro atoms. The van der Waals surface area contributed by atoms with Crippen LogP contribution < -0.4 is 11.1 Å². The summed E-state index contributed by atoms with van der Waals surface area (Å²) in [4.78, 5) is 11.8. The van der Waals surface area contributed by atoms with Gasteiger partial charge < -0.3 is 9.73 Å². The van der Waals surface area contributed by atoms with Crippen LogP contribution in [0, 0.1) is 0 Å². The Kier molecular flexibility index (Phi) is 4.90. The van der Waals surface area contributed by atoms with E-state index in [9.17, 15) is 4.79 Å². The van der Waals surface area contributed by atoms with E-state index in [0.29, 0.717) is 5.58 Å². The second-order valence-corrected chi connectivity index (χ2v) is 6.76. The summed E-state index contributed by atoms with van der Waals surface area (Å²) in [5.41, 5.74) is 5.04. The van der Waals surface area contributed by atoms with Gasteiger partial charge in [-0.2, -0.15) is 0 Å². The molecule has 1 atom stereocenters. The average molecular weight is 358 g/mol. The quantitative estimate of drug-likeness (QED) is 0.562. The zero-order valence-electron chi connectivity index (χ0n) is 15.3. The highest BCUT2D eigenvalue weighted by Crippen LogP contribution is 2.23. The largest absolute Gasteiger partial charge is 0.419 e. The molecule has 3 aromatic carbocycles. The third-order valence-corrected chi connectivity index (χ3v) is 4.90. The zero-order valence-corrected chi connectivity index (χ0v) is 15.3. The van der Waals surface area contributed by atoms with Crippen molar-refractivity contribution in [3.63, 3.8) is 0 Å². The van der Waals surface area contributed by atoms with E-state index < -0.39 is 0 Å². The van der Waals surface area contributed by atoms with Crippen molar-refractivity contribution >= 4 is 11.1 Å². The summed E-state index contributed by atoms with van der Waals surface area (Å²) in [6, 6.07) is 26.9. The summed E-state index contributed by atoms with van der Waals surface area (Å²) >= 11 is 0. The van der Waals surface area contributed by atoms with Crippen LogP contribution in [-0.4, -0.2) is 4.57 Å².